The molecule has 0 saturated heterocycles. The summed E-state index contributed by atoms with van der Waals surface area (Å²) in [6, 6.07) is 7.82. The third kappa shape index (κ3) is 1.26. The molecule has 2 aliphatic rings. The molecular weight excluding hydrogens is 259 g/mol. The van der Waals surface area contributed by atoms with Crippen LogP contribution in [-0.2, 0) is 10.3 Å². The quantitative estimate of drug-likeness (QED) is 0.768. The number of rotatable bonds is 2. The molecule has 92 valence electrons. The minimum atomic E-state index is -0.894. The summed E-state index contributed by atoms with van der Waals surface area (Å²) in [6.45, 7) is 4.52. The van der Waals surface area contributed by atoms with Crippen molar-refractivity contribution in [2.75, 3.05) is 6.61 Å². The molecule has 1 aliphatic carbocycles. The molecule has 17 heavy (non-hydrogen) atoms. The Hall–Kier alpha value is -0.440. The molecule has 1 saturated carbocycles. The van der Waals surface area contributed by atoms with Gasteiger partial charge in [0.15, 0.2) is 4.33 Å². The number of halogens is 2. The van der Waals surface area contributed by atoms with Crippen LogP contribution in [0, 0.1) is 5.92 Å². The molecule has 0 bridgehead atoms. The highest BCUT2D eigenvalue weighted by Crippen LogP contribution is 2.74. The van der Waals surface area contributed by atoms with Crippen molar-refractivity contribution < 1.29 is 9.47 Å². The first kappa shape index (κ1) is 11.6. The van der Waals surface area contributed by atoms with Crippen LogP contribution in [0.1, 0.15) is 19.4 Å². The Kier molecular flexibility index (Phi) is 2.42. The smallest absolute Gasteiger partial charge is 0.161 e. The van der Waals surface area contributed by atoms with Gasteiger partial charge in [0.1, 0.15) is 17.5 Å². The summed E-state index contributed by atoms with van der Waals surface area (Å²) >= 11 is 12.9. The minimum Gasteiger partial charge on any atom is -0.490 e. The third-order valence-electron chi connectivity index (χ3n) is 3.68. The zero-order valence-corrected chi connectivity index (χ0v) is 11.3. The van der Waals surface area contributed by atoms with Gasteiger partial charge in [0, 0.05) is 12.2 Å². The number of benzene rings is 1. The summed E-state index contributed by atoms with van der Waals surface area (Å²) in [5.41, 5.74) is 0.369. The second kappa shape index (κ2) is 3.53. The monoisotopic (exact) mass is 272 g/mol. The summed E-state index contributed by atoms with van der Waals surface area (Å²) in [7, 11) is 0. The SMILES string of the molecule is CCO[C@@]12c3ccccc3O[C@H](C)[C@@H]1C2(Cl)Cl. The van der Waals surface area contributed by atoms with Gasteiger partial charge in [-0.2, -0.15) is 0 Å². The molecule has 1 aliphatic heterocycles. The van der Waals surface area contributed by atoms with E-state index in [1.54, 1.807) is 0 Å². The first-order valence-electron chi connectivity index (χ1n) is 5.83. The second-order valence-corrected chi connectivity index (χ2v) is 5.97. The molecule has 1 heterocycles. The van der Waals surface area contributed by atoms with Crippen molar-refractivity contribution in [3.05, 3.63) is 29.8 Å². The number of hydrogen-bond acceptors (Lipinski definition) is 2. The highest BCUT2D eigenvalue weighted by atomic mass is 35.5. The summed E-state index contributed by atoms with van der Waals surface area (Å²) in [6.07, 6.45) is -0.0357. The molecule has 2 nitrogen and oxygen atoms in total. The number of para-hydroxylation sites is 1. The van der Waals surface area contributed by atoms with E-state index in [4.69, 9.17) is 32.7 Å². The van der Waals surface area contributed by atoms with Gasteiger partial charge in [-0.1, -0.05) is 41.4 Å². The maximum absolute atomic E-state index is 6.43. The predicted octanol–water partition coefficient (Wildman–Crippen LogP) is 3.50. The van der Waals surface area contributed by atoms with Gasteiger partial charge in [-0.25, -0.2) is 0 Å². The lowest BCUT2D eigenvalue weighted by atomic mass is 9.99. The Labute approximate surface area is 111 Å². The van der Waals surface area contributed by atoms with Crippen LogP contribution in [0.2, 0.25) is 0 Å². The Balaban J connectivity index is 2.16. The van der Waals surface area contributed by atoms with E-state index in [9.17, 15) is 0 Å². The average molecular weight is 273 g/mol. The van der Waals surface area contributed by atoms with Crippen LogP contribution in [0.3, 0.4) is 0 Å². The maximum Gasteiger partial charge on any atom is 0.161 e. The summed E-state index contributed by atoms with van der Waals surface area (Å²) in [5.74, 6) is 0.820. The predicted molar refractivity (Wildman–Crippen MR) is 67.8 cm³/mol. The molecule has 0 N–H and O–H groups in total. The van der Waals surface area contributed by atoms with Crippen molar-refractivity contribution in [1.29, 1.82) is 0 Å². The molecule has 1 aromatic rings. The van der Waals surface area contributed by atoms with E-state index in [1.807, 2.05) is 38.1 Å². The van der Waals surface area contributed by atoms with Crippen LogP contribution in [0.25, 0.3) is 0 Å². The first-order chi connectivity index (χ1) is 8.05. The van der Waals surface area contributed by atoms with Crippen LogP contribution in [0.15, 0.2) is 24.3 Å². The topological polar surface area (TPSA) is 18.5 Å². The van der Waals surface area contributed by atoms with Crippen LogP contribution in [-0.4, -0.2) is 17.0 Å². The highest BCUT2D eigenvalue weighted by Gasteiger charge is 2.82. The van der Waals surface area contributed by atoms with Crippen molar-refractivity contribution in [2.45, 2.75) is 29.9 Å². The van der Waals surface area contributed by atoms with Crippen molar-refractivity contribution in [3.63, 3.8) is 0 Å². The molecule has 0 radical (unpaired) electrons. The fraction of sp³-hybridized carbons (Fsp3) is 0.538. The van der Waals surface area contributed by atoms with Crippen molar-refractivity contribution in [1.82, 2.24) is 0 Å². The van der Waals surface area contributed by atoms with Crippen molar-refractivity contribution in [3.8, 4) is 5.75 Å². The summed E-state index contributed by atoms with van der Waals surface area (Å²) < 4.78 is 10.9. The van der Waals surface area contributed by atoms with Crippen molar-refractivity contribution >= 4 is 23.2 Å². The van der Waals surface area contributed by atoms with E-state index >= 15 is 0 Å². The Morgan fingerprint density at radius 2 is 2.06 bits per heavy atom. The number of fused-ring (bicyclic) bond motifs is 3. The van der Waals surface area contributed by atoms with Crippen LogP contribution in [0.4, 0.5) is 0 Å². The van der Waals surface area contributed by atoms with Gasteiger partial charge in [-0.05, 0) is 19.9 Å². The zero-order chi connectivity index (χ0) is 12.3. The summed E-state index contributed by atoms with van der Waals surface area (Å²) in [5, 5.41) is 0. The first-order valence-corrected chi connectivity index (χ1v) is 6.59. The molecule has 3 atom stereocenters. The molecule has 0 unspecified atom stereocenters. The van der Waals surface area contributed by atoms with Gasteiger partial charge in [-0.3, -0.25) is 0 Å². The fourth-order valence-corrected chi connectivity index (χ4v) is 4.12. The number of hydrogen-bond donors (Lipinski definition) is 0. The normalized spacial score (nSPS) is 36.7. The average Bonchev–Trinajstić information content (AvgIpc) is 2.78. The van der Waals surface area contributed by atoms with Gasteiger partial charge in [0.2, 0.25) is 0 Å². The van der Waals surface area contributed by atoms with E-state index in [0.717, 1.165) is 11.3 Å². The number of alkyl halides is 2. The largest absolute Gasteiger partial charge is 0.490 e. The van der Waals surface area contributed by atoms with E-state index in [2.05, 4.69) is 0 Å². The molecule has 1 aromatic carbocycles. The van der Waals surface area contributed by atoms with E-state index in [1.165, 1.54) is 0 Å². The van der Waals surface area contributed by atoms with Gasteiger partial charge in [0.25, 0.3) is 0 Å². The highest BCUT2D eigenvalue weighted by molar-refractivity contribution is 6.52. The standard InChI is InChI=1S/C13H14Cl2O2/c1-3-16-12-9-6-4-5-7-10(9)17-8(2)11(12)13(12,14)15/h4-8,11H,3H2,1-2H3/t8-,11+,12+/m1/s1. The molecule has 1 fully saturated rings. The van der Waals surface area contributed by atoms with Gasteiger partial charge in [0.05, 0.1) is 5.92 Å². The third-order valence-corrected chi connectivity index (χ3v) is 4.71. The maximum atomic E-state index is 6.43. The lowest BCUT2D eigenvalue weighted by molar-refractivity contribution is -0.00774. The van der Waals surface area contributed by atoms with Gasteiger partial charge >= 0.3 is 0 Å². The molecular formula is C13H14Cl2O2. The van der Waals surface area contributed by atoms with E-state index < -0.39 is 9.93 Å². The number of ether oxygens (including phenoxy) is 2. The fourth-order valence-electron chi connectivity index (χ4n) is 3.01. The second-order valence-electron chi connectivity index (χ2n) is 4.59. The Bertz CT molecular complexity index is 460. The molecule has 3 rings (SSSR count). The molecule has 0 amide bonds. The van der Waals surface area contributed by atoms with E-state index in [-0.39, 0.29) is 12.0 Å². The zero-order valence-electron chi connectivity index (χ0n) is 9.74. The lowest BCUT2D eigenvalue weighted by Crippen LogP contribution is -2.30. The lowest BCUT2D eigenvalue weighted by Gasteiger charge is -2.29. The Morgan fingerprint density at radius 1 is 1.35 bits per heavy atom. The van der Waals surface area contributed by atoms with Crippen LogP contribution >= 0.6 is 23.2 Å². The van der Waals surface area contributed by atoms with Gasteiger partial charge in [-0.15, -0.1) is 0 Å². The molecule has 4 heteroatoms. The Morgan fingerprint density at radius 3 is 2.76 bits per heavy atom. The van der Waals surface area contributed by atoms with Crippen LogP contribution < -0.4 is 4.74 Å². The molecule has 0 aromatic heterocycles. The summed E-state index contributed by atoms with van der Waals surface area (Å²) in [4.78, 5) is 0. The van der Waals surface area contributed by atoms with Gasteiger partial charge < -0.3 is 9.47 Å². The van der Waals surface area contributed by atoms with E-state index in [0.29, 0.717) is 6.61 Å². The van der Waals surface area contributed by atoms with Crippen molar-refractivity contribution in [2.24, 2.45) is 5.92 Å². The van der Waals surface area contributed by atoms with Crippen LogP contribution in [0.5, 0.6) is 5.75 Å². The molecule has 0 spiro atoms. The minimum absolute atomic E-state index is 0.00631.